The minimum absolute atomic E-state index is 0.385. The smallest absolute Gasteiger partial charge is 0.328 e. The molecule has 0 aromatic heterocycles. The van der Waals surface area contributed by atoms with Crippen LogP contribution in [0.3, 0.4) is 0 Å². The SMILES string of the molecule is CC(C(=O)O)(c1ccc(Cl)cc1Cl)N1CCNCC1. The van der Waals surface area contributed by atoms with Crippen LogP contribution < -0.4 is 5.32 Å². The Balaban J connectivity index is 2.46. The number of benzene rings is 1. The normalized spacial score (nSPS) is 19.9. The summed E-state index contributed by atoms with van der Waals surface area (Å²) >= 11 is 12.1. The highest BCUT2D eigenvalue weighted by molar-refractivity contribution is 6.35. The van der Waals surface area contributed by atoms with Gasteiger partial charge in [-0.2, -0.15) is 0 Å². The number of hydrogen-bond donors (Lipinski definition) is 2. The first-order valence-electron chi connectivity index (χ1n) is 6.11. The second kappa shape index (κ2) is 5.67. The Hall–Kier alpha value is -0.810. The molecule has 0 spiro atoms. The van der Waals surface area contributed by atoms with Crippen molar-refractivity contribution in [2.45, 2.75) is 12.5 Å². The molecule has 2 N–H and O–H groups in total. The number of carbonyl (C=O) groups is 1. The summed E-state index contributed by atoms with van der Waals surface area (Å²) < 4.78 is 0. The molecule has 1 fully saturated rings. The van der Waals surface area contributed by atoms with E-state index in [1.54, 1.807) is 25.1 Å². The van der Waals surface area contributed by atoms with Crippen LogP contribution in [0.15, 0.2) is 18.2 Å². The van der Waals surface area contributed by atoms with Crippen LogP contribution in [0, 0.1) is 0 Å². The zero-order valence-corrected chi connectivity index (χ0v) is 12.1. The minimum Gasteiger partial charge on any atom is -0.480 e. The van der Waals surface area contributed by atoms with Gasteiger partial charge in [-0.3, -0.25) is 4.90 Å². The Kier molecular flexibility index (Phi) is 4.36. The maximum absolute atomic E-state index is 11.8. The quantitative estimate of drug-likeness (QED) is 0.899. The van der Waals surface area contributed by atoms with Crippen molar-refractivity contribution in [1.29, 1.82) is 0 Å². The van der Waals surface area contributed by atoms with Gasteiger partial charge in [-0.25, -0.2) is 4.79 Å². The number of rotatable bonds is 3. The molecule has 1 aliphatic heterocycles. The Bertz CT molecular complexity index is 490. The minimum atomic E-state index is -1.14. The van der Waals surface area contributed by atoms with Crippen molar-refractivity contribution in [3.8, 4) is 0 Å². The van der Waals surface area contributed by atoms with E-state index in [9.17, 15) is 9.90 Å². The number of nitrogens with zero attached hydrogens (tertiary/aromatic N) is 1. The van der Waals surface area contributed by atoms with Gasteiger partial charge >= 0.3 is 5.97 Å². The molecule has 1 unspecified atom stereocenters. The third-order valence-electron chi connectivity index (χ3n) is 3.62. The fraction of sp³-hybridized carbons (Fsp3) is 0.462. The van der Waals surface area contributed by atoms with Crippen molar-refractivity contribution >= 4 is 29.2 Å². The summed E-state index contributed by atoms with van der Waals surface area (Å²) in [5, 5.41) is 13.8. The zero-order chi connectivity index (χ0) is 14.0. The van der Waals surface area contributed by atoms with E-state index in [4.69, 9.17) is 23.2 Å². The van der Waals surface area contributed by atoms with Crippen LogP contribution in [-0.4, -0.2) is 42.2 Å². The molecule has 6 heteroatoms. The zero-order valence-electron chi connectivity index (χ0n) is 10.6. The molecule has 0 aliphatic carbocycles. The highest BCUT2D eigenvalue weighted by Crippen LogP contribution is 2.35. The highest BCUT2D eigenvalue weighted by atomic mass is 35.5. The molecule has 1 heterocycles. The third kappa shape index (κ3) is 2.72. The lowest BCUT2D eigenvalue weighted by atomic mass is 9.89. The van der Waals surface area contributed by atoms with Gasteiger partial charge in [0.15, 0.2) is 0 Å². The molecular formula is C13H16Cl2N2O2. The molecule has 0 bridgehead atoms. The van der Waals surface area contributed by atoms with Crippen LogP contribution in [0.4, 0.5) is 0 Å². The molecule has 2 rings (SSSR count). The van der Waals surface area contributed by atoms with Crippen LogP contribution in [0.2, 0.25) is 10.0 Å². The predicted octanol–water partition coefficient (Wildman–Crippen LogP) is 2.20. The molecule has 104 valence electrons. The molecule has 19 heavy (non-hydrogen) atoms. The number of halogens is 2. The van der Waals surface area contributed by atoms with E-state index in [-0.39, 0.29) is 0 Å². The van der Waals surface area contributed by atoms with Gasteiger partial charge < -0.3 is 10.4 Å². The van der Waals surface area contributed by atoms with Crippen molar-refractivity contribution in [2.24, 2.45) is 0 Å². The lowest BCUT2D eigenvalue weighted by Gasteiger charge is -2.41. The topological polar surface area (TPSA) is 52.6 Å². The highest BCUT2D eigenvalue weighted by Gasteiger charge is 2.43. The van der Waals surface area contributed by atoms with Crippen LogP contribution in [-0.2, 0) is 10.3 Å². The van der Waals surface area contributed by atoms with Gasteiger partial charge in [0, 0.05) is 41.8 Å². The van der Waals surface area contributed by atoms with Crippen LogP contribution in [0.25, 0.3) is 0 Å². The molecule has 1 atom stereocenters. The Morgan fingerprint density at radius 1 is 1.37 bits per heavy atom. The molecule has 1 saturated heterocycles. The summed E-state index contributed by atoms with van der Waals surface area (Å²) in [5.74, 6) is -0.904. The largest absolute Gasteiger partial charge is 0.480 e. The van der Waals surface area contributed by atoms with E-state index in [1.165, 1.54) is 0 Å². The van der Waals surface area contributed by atoms with Gasteiger partial charge in [-0.1, -0.05) is 29.3 Å². The Morgan fingerprint density at radius 3 is 2.53 bits per heavy atom. The second-order valence-corrected chi connectivity index (χ2v) is 5.58. The molecule has 1 aliphatic rings. The van der Waals surface area contributed by atoms with E-state index >= 15 is 0 Å². The van der Waals surface area contributed by atoms with Gasteiger partial charge in [0.05, 0.1) is 0 Å². The average molecular weight is 303 g/mol. The Morgan fingerprint density at radius 2 is 2.00 bits per heavy atom. The molecule has 0 saturated carbocycles. The van der Waals surface area contributed by atoms with Crippen molar-refractivity contribution < 1.29 is 9.90 Å². The second-order valence-electron chi connectivity index (χ2n) is 4.74. The van der Waals surface area contributed by atoms with E-state index < -0.39 is 11.5 Å². The van der Waals surface area contributed by atoms with Gasteiger partial charge in [0.1, 0.15) is 5.54 Å². The van der Waals surface area contributed by atoms with Crippen molar-refractivity contribution in [2.75, 3.05) is 26.2 Å². The van der Waals surface area contributed by atoms with Crippen LogP contribution >= 0.6 is 23.2 Å². The first-order chi connectivity index (χ1) is 8.96. The molecule has 1 aromatic rings. The van der Waals surface area contributed by atoms with Crippen molar-refractivity contribution in [1.82, 2.24) is 10.2 Å². The lowest BCUT2D eigenvalue weighted by molar-refractivity contribution is -0.151. The summed E-state index contributed by atoms with van der Waals surface area (Å²) in [6.45, 7) is 4.57. The van der Waals surface area contributed by atoms with Crippen molar-refractivity contribution in [3.05, 3.63) is 33.8 Å². The van der Waals surface area contributed by atoms with E-state index in [0.717, 1.165) is 13.1 Å². The van der Waals surface area contributed by atoms with E-state index in [0.29, 0.717) is 28.7 Å². The van der Waals surface area contributed by atoms with Gasteiger partial charge in [0.2, 0.25) is 0 Å². The van der Waals surface area contributed by atoms with Crippen LogP contribution in [0.5, 0.6) is 0 Å². The number of hydrogen-bond acceptors (Lipinski definition) is 3. The van der Waals surface area contributed by atoms with Gasteiger partial charge in [0.25, 0.3) is 0 Å². The first-order valence-corrected chi connectivity index (χ1v) is 6.86. The maximum atomic E-state index is 11.8. The maximum Gasteiger partial charge on any atom is 0.328 e. The van der Waals surface area contributed by atoms with Gasteiger partial charge in [-0.15, -0.1) is 0 Å². The third-order valence-corrected chi connectivity index (χ3v) is 4.17. The van der Waals surface area contributed by atoms with E-state index in [1.807, 2.05) is 4.90 Å². The predicted molar refractivity (Wildman–Crippen MR) is 75.9 cm³/mol. The van der Waals surface area contributed by atoms with Gasteiger partial charge in [-0.05, 0) is 19.1 Å². The summed E-state index contributed by atoms with van der Waals surface area (Å²) in [6, 6.07) is 4.95. The molecule has 0 amide bonds. The fourth-order valence-electron chi connectivity index (χ4n) is 2.42. The molecule has 0 radical (unpaired) electrons. The Labute approximate surface area is 122 Å². The fourth-order valence-corrected chi connectivity index (χ4v) is 3.01. The summed E-state index contributed by atoms with van der Waals surface area (Å²) in [7, 11) is 0. The molecular weight excluding hydrogens is 287 g/mol. The lowest BCUT2D eigenvalue weighted by Crippen LogP contribution is -2.56. The van der Waals surface area contributed by atoms with E-state index in [2.05, 4.69) is 5.32 Å². The van der Waals surface area contributed by atoms with Crippen LogP contribution in [0.1, 0.15) is 12.5 Å². The summed E-state index contributed by atoms with van der Waals surface area (Å²) in [5.41, 5.74) is -0.558. The first kappa shape index (κ1) is 14.6. The number of piperazine rings is 1. The molecule has 1 aromatic carbocycles. The number of carboxylic acid groups (broad SMARTS) is 1. The summed E-state index contributed by atoms with van der Waals surface area (Å²) in [4.78, 5) is 13.7. The summed E-state index contributed by atoms with van der Waals surface area (Å²) in [6.07, 6.45) is 0. The average Bonchev–Trinajstić information content (AvgIpc) is 2.38. The monoisotopic (exact) mass is 302 g/mol. The number of aliphatic carboxylic acids is 1. The number of nitrogens with one attached hydrogen (secondary N) is 1. The number of carboxylic acids is 1. The van der Waals surface area contributed by atoms with Crippen molar-refractivity contribution in [3.63, 3.8) is 0 Å². The molecule has 4 nitrogen and oxygen atoms in total. The standard InChI is InChI=1S/C13H16Cl2N2O2/c1-13(12(18)19,17-6-4-16-5-7-17)10-3-2-9(14)8-11(10)15/h2-3,8,16H,4-7H2,1H3,(H,18,19).